The number of nitriles is 3. The van der Waals surface area contributed by atoms with Gasteiger partial charge >= 0.3 is 0 Å². The van der Waals surface area contributed by atoms with Gasteiger partial charge in [-0.15, -0.1) is 0 Å². The number of hydrogen-bond acceptors (Lipinski definition) is 4. The summed E-state index contributed by atoms with van der Waals surface area (Å²) in [7, 11) is 0. The van der Waals surface area contributed by atoms with Gasteiger partial charge < -0.3 is 4.74 Å². The highest BCUT2D eigenvalue weighted by molar-refractivity contribution is 5.45. The Morgan fingerprint density at radius 3 is 2.45 bits per heavy atom. The summed E-state index contributed by atoms with van der Waals surface area (Å²) in [6, 6.07) is 5.36. The van der Waals surface area contributed by atoms with Gasteiger partial charge in [0.2, 0.25) is 0 Å². The van der Waals surface area contributed by atoms with Crippen LogP contribution in [0.15, 0.2) is 11.1 Å². The Morgan fingerprint density at radius 2 is 2.00 bits per heavy atom. The largest absolute Gasteiger partial charge is 0.352 e. The fourth-order valence-electron chi connectivity index (χ4n) is 0.806. The molecule has 1 aliphatic rings. The summed E-state index contributed by atoms with van der Waals surface area (Å²) in [5, 5.41) is 25.3. The minimum absolute atomic E-state index is 0.0810. The van der Waals surface area contributed by atoms with Gasteiger partial charge in [0.25, 0.3) is 0 Å². The smallest absolute Gasteiger partial charge is 0.180 e. The van der Waals surface area contributed by atoms with E-state index >= 15 is 0 Å². The van der Waals surface area contributed by atoms with E-state index in [2.05, 4.69) is 0 Å². The van der Waals surface area contributed by atoms with Crippen LogP contribution in [0.2, 0.25) is 0 Å². The molecular weight excluding hydrogens is 142 g/mol. The van der Waals surface area contributed by atoms with E-state index in [0.29, 0.717) is 0 Å². The van der Waals surface area contributed by atoms with Gasteiger partial charge in [0, 0.05) is 0 Å². The molecule has 11 heavy (non-hydrogen) atoms. The lowest BCUT2D eigenvalue weighted by Gasteiger charge is -1.94. The third-order valence-electron chi connectivity index (χ3n) is 1.35. The summed E-state index contributed by atoms with van der Waals surface area (Å²) in [6.07, 6.45) is -0.838. The van der Waals surface area contributed by atoms with Crippen molar-refractivity contribution in [3.63, 3.8) is 0 Å². The van der Waals surface area contributed by atoms with Gasteiger partial charge in [-0.2, -0.15) is 15.8 Å². The average Bonchev–Trinajstić information content (AvgIpc) is 2.45. The van der Waals surface area contributed by atoms with Gasteiger partial charge in [0.15, 0.2) is 6.10 Å². The van der Waals surface area contributed by atoms with Crippen molar-refractivity contribution in [2.24, 2.45) is 0 Å². The molecule has 1 unspecified atom stereocenters. The molecule has 0 amide bonds. The Morgan fingerprint density at radius 1 is 1.27 bits per heavy atom. The first-order chi connectivity index (χ1) is 5.33. The van der Waals surface area contributed by atoms with E-state index in [1.54, 1.807) is 12.1 Å². The molecule has 0 aromatic heterocycles. The monoisotopic (exact) mass is 145 g/mol. The first-order valence-corrected chi connectivity index (χ1v) is 2.88. The molecule has 0 saturated heterocycles. The first kappa shape index (κ1) is 7.28. The van der Waals surface area contributed by atoms with Crippen LogP contribution in [-0.4, -0.2) is 12.7 Å². The zero-order chi connectivity index (χ0) is 8.27. The van der Waals surface area contributed by atoms with E-state index in [0.717, 1.165) is 0 Å². The number of ether oxygens (including phenoxy) is 1. The summed E-state index contributed by atoms with van der Waals surface area (Å²) in [5.41, 5.74) is 0.411. The molecule has 4 heteroatoms. The van der Waals surface area contributed by atoms with Gasteiger partial charge in [0.05, 0.1) is 29.9 Å². The molecule has 1 atom stereocenters. The van der Waals surface area contributed by atoms with Gasteiger partial charge in [0.1, 0.15) is 6.07 Å². The first-order valence-electron chi connectivity index (χ1n) is 2.88. The van der Waals surface area contributed by atoms with Gasteiger partial charge in [-0.3, -0.25) is 0 Å². The highest BCUT2D eigenvalue weighted by Gasteiger charge is 2.25. The standard InChI is InChI=1S/C7H3N3O/c8-1-5-4-11-7(3-10)6(5)2-9/h7H,4H2. The van der Waals surface area contributed by atoms with Crippen molar-refractivity contribution >= 4 is 0 Å². The molecule has 4 nitrogen and oxygen atoms in total. The van der Waals surface area contributed by atoms with E-state index in [1.165, 1.54) is 0 Å². The summed E-state index contributed by atoms with van der Waals surface area (Å²) in [4.78, 5) is 0. The summed E-state index contributed by atoms with van der Waals surface area (Å²) >= 11 is 0. The highest BCUT2D eigenvalue weighted by Crippen LogP contribution is 2.19. The molecule has 0 aromatic rings. The van der Waals surface area contributed by atoms with Crippen LogP contribution in [0.25, 0.3) is 0 Å². The predicted molar refractivity (Wildman–Crippen MR) is 33.6 cm³/mol. The van der Waals surface area contributed by atoms with Crippen LogP contribution in [-0.2, 0) is 4.74 Å². The van der Waals surface area contributed by atoms with Gasteiger partial charge in [-0.05, 0) is 0 Å². The maximum Gasteiger partial charge on any atom is 0.180 e. The molecule has 0 spiro atoms. The molecule has 0 aliphatic carbocycles. The number of hydrogen-bond donors (Lipinski definition) is 0. The fourth-order valence-corrected chi connectivity index (χ4v) is 0.806. The van der Waals surface area contributed by atoms with Crippen LogP contribution in [0.4, 0.5) is 0 Å². The van der Waals surface area contributed by atoms with E-state index in [9.17, 15) is 0 Å². The normalized spacial score (nSPS) is 22.1. The SMILES string of the molecule is N#CC1=C(C#N)C(C#N)OC1. The fraction of sp³-hybridized carbons (Fsp3) is 0.286. The molecular formula is C7H3N3O. The predicted octanol–water partition coefficient (Wildman–Crippen LogP) is 0.253. The lowest BCUT2D eigenvalue weighted by atomic mass is 10.1. The van der Waals surface area contributed by atoms with Crippen molar-refractivity contribution in [1.82, 2.24) is 0 Å². The van der Waals surface area contributed by atoms with Crippen molar-refractivity contribution in [2.75, 3.05) is 6.61 Å². The minimum atomic E-state index is -0.838. The molecule has 1 rings (SSSR count). The molecule has 0 N–H and O–H groups in total. The number of rotatable bonds is 0. The van der Waals surface area contributed by atoms with Crippen LogP contribution in [0, 0.1) is 34.0 Å². The average molecular weight is 145 g/mol. The van der Waals surface area contributed by atoms with E-state index in [1.807, 2.05) is 6.07 Å². The maximum atomic E-state index is 8.48. The Kier molecular flexibility index (Phi) is 1.88. The van der Waals surface area contributed by atoms with Crippen LogP contribution >= 0.6 is 0 Å². The van der Waals surface area contributed by atoms with Crippen molar-refractivity contribution in [2.45, 2.75) is 6.10 Å². The second kappa shape index (κ2) is 2.84. The third kappa shape index (κ3) is 1.05. The molecule has 1 heterocycles. The van der Waals surface area contributed by atoms with Crippen LogP contribution in [0.3, 0.4) is 0 Å². The second-order valence-corrected chi connectivity index (χ2v) is 1.94. The van der Waals surface area contributed by atoms with Crippen molar-refractivity contribution in [3.05, 3.63) is 11.1 Å². The van der Waals surface area contributed by atoms with E-state index < -0.39 is 6.10 Å². The van der Waals surface area contributed by atoms with Gasteiger partial charge in [-0.25, -0.2) is 0 Å². The zero-order valence-electron chi connectivity index (χ0n) is 5.53. The highest BCUT2D eigenvalue weighted by atomic mass is 16.5. The van der Waals surface area contributed by atoms with Crippen molar-refractivity contribution < 1.29 is 4.74 Å². The molecule has 0 bridgehead atoms. The van der Waals surface area contributed by atoms with E-state index in [-0.39, 0.29) is 17.8 Å². The van der Waals surface area contributed by atoms with Crippen LogP contribution in [0.1, 0.15) is 0 Å². The number of nitrogens with zero attached hydrogens (tertiary/aromatic N) is 3. The quantitative estimate of drug-likeness (QED) is 0.489. The molecule has 52 valence electrons. The lowest BCUT2D eigenvalue weighted by Crippen LogP contribution is -2.04. The topological polar surface area (TPSA) is 80.6 Å². The maximum absolute atomic E-state index is 8.48. The Balaban J connectivity index is 3.04. The van der Waals surface area contributed by atoms with Gasteiger partial charge in [-0.1, -0.05) is 0 Å². The summed E-state index contributed by atoms with van der Waals surface area (Å²) in [5.74, 6) is 0. The summed E-state index contributed by atoms with van der Waals surface area (Å²) < 4.78 is 4.83. The molecule has 0 fully saturated rings. The van der Waals surface area contributed by atoms with Crippen LogP contribution < -0.4 is 0 Å². The second-order valence-electron chi connectivity index (χ2n) is 1.94. The molecule has 1 aliphatic heterocycles. The summed E-state index contributed by atoms with van der Waals surface area (Å²) in [6.45, 7) is 0.0810. The van der Waals surface area contributed by atoms with E-state index in [4.69, 9.17) is 20.5 Å². The van der Waals surface area contributed by atoms with Crippen molar-refractivity contribution in [3.8, 4) is 18.2 Å². The Bertz CT molecular complexity index is 323. The third-order valence-corrected chi connectivity index (χ3v) is 1.35. The van der Waals surface area contributed by atoms with Crippen molar-refractivity contribution in [1.29, 1.82) is 15.8 Å². The van der Waals surface area contributed by atoms with Crippen LogP contribution in [0.5, 0.6) is 0 Å². The Hall–Kier alpha value is -1.83. The molecule has 0 radical (unpaired) electrons. The minimum Gasteiger partial charge on any atom is -0.352 e. The zero-order valence-corrected chi connectivity index (χ0v) is 5.53. The Labute approximate surface area is 63.5 Å². The molecule has 0 aromatic carbocycles. The molecule has 0 saturated carbocycles. The lowest BCUT2D eigenvalue weighted by molar-refractivity contribution is 0.161.